The number of carbonyl (C=O) groups excluding carboxylic acids is 1. The number of nitrogens with one attached hydrogen (secondary N) is 2. The van der Waals surface area contributed by atoms with Gasteiger partial charge in [-0.2, -0.15) is 0 Å². The zero-order valence-corrected chi connectivity index (χ0v) is 14.6. The highest BCUT2D eigenvalue weighted by molar-refractivity contribution is 8.01. The average Bonchev–Trinajstić information content (AvgIpc) is 3.00. The van der Waals surface area contributed by atoms with Crippen molar-refractivity contribution < 1.29 is 9.72 Å². The molecule has 0 atom stereocenters. The van der Waals surface area contributed by atoms with Crippen LogP contribution < -0.4 is 10.6 Å². The van der Waals surface area contributed by atoms with Crippen molar-refractivity contribution in [3.63, 3.8) is 0 Å². The lowest BCUT2D eigenvalue weighted by Crippen LogP contribution is -2.14. The molecule has 0 saturated heterocycles. The van der Waals surface area contributed by atoms with Gasteiger partial charge in [-0.3, -0.25) is 14.9 Å². The van der Waals surface area contributed by atoms with Crippen molar-refractivity contribution in [3.05, 3.63) is 46.0 Å². The zero-order valence-electron chi connectivity index (χ0n) is 12.2. The number of amides is 1. The van der Waals surface area contributed by atoms with Crippen molar-refractivity contribution >= 4 is 57.1 Å². The topological polar surface area (TPSA) is 110 Å². The van der Waals surface area contributed by atoms with Gasteiger partial charge < -0.3 is 10.6 Å². The van der Waals surface area contributed by atoms with E-state index >= 15 is 0 Å². The maximum Gasteiger partial charge on any atom is 0.271 e. The largest absolute Gasteiger partial charge is 0.357 e. The van der Waals surface area contributed by atoms with Crippen LogP contribution in [0.25, 0.3) is 0 Å². The van der Waals surface area contributed by atoms with E-state index in [1.807, 2.05) is 0 Å². The molecule has 0 fully saturated rings. The van der Waals surface area contributed by atoms with Gasteiger partial charge in [-0.05, 0) is 6.07 Å². The molecule has 1 aromatic carbocycles. The van der Waals surface area contributed by atoms with Crippen molar-refractivity contribution in [3.8, 4) is 0 Å². The van der Waals surface area contributed by atoms with E-state index < -0.39 is 4.92 Å². The second-order valence-corrected chi connectivity index (χ2v) is 6.91. The van der Waals surface area contributed by atoms with Gasteiger partial charge in [0.1, 0.15) is 0 Å². The Hall–Kier alpha value is -2.17. The highest BCUT2D eigenvalue weighted by atomic mass is 35.5. The summed E-state index contributed by atoms with van der Waals surface area (Å²) in [6.45, 7) is 4.17. The molecule has 0 spiro atoms. The molecule has 0 radical (unpaired) electrons. The lowest BCUT2D eigenvalue weighted by atomic mass is 10.3. The molecule has 2 N–H and O–H groups in total. The number of hydrogen-bond donors (Lipinski definition) is 2. The summed E-state index contributed by atoms with van der Waals surface area (Å²) in [5.74, 6) is -0.185. The lowest BCUT2D eigenvalue weighted by Gasteiger charge is -2.06. The van der Waals surface area contributed by atoms with Crippen molar-refractivity contribution in [1.29, 1.82) is 0 Å². The van der Waals surface area contributed by atoms with Crippen molar-refractivity contribution in [1.82, 2.24) is 10.2 Å². The molecule has 0 unspecified atom stereocenters. The second kappa shape index (κ2) is 8.62. The number of nitro groups is 1. The summed E-state index contributed by atoms with van der Waals surface area (Å²) in [5, 5.41) is 24.9. The van der Waals surface area contributed by atoms with Crippen LogP contribution in [0, 0.1) is 10.1 Å². The van der Waals surface area contributed by atoms with Crippen LogP contribution in [-0.4, -0.2) is 33.3 Å². The standard InChI is InChI=1S/C13H12ClN5O3S2/c1-2-5-15-12-17-18-13(24-12)23-7-11(20)16-10-4-3-8(19(21)22)6-9(10)14/h2-4,6H,1,5,7H2,(H,15,17)(H,16,20). The van der Waals surface area contributed by atoms with E-state index in [-0.39, 0.29) is 22.4 Å². The predicted octanol–water partition coefficient (Wildman–Crippen LogP) is 3.43. The first-order chi connectivity index (χ1) is 11.5. The zero-order chi connectivity index (χ0) is 17.5. The molecule has 1 heterocycles. The van der Waals surface area contributed by atoms with Crippen LogP contribution in [0.1, 0.15) is 0 Å². The normalized spacial score (nSPS) is 10.2. The molecule has 0 aliphatic carbocycles. The van der Waals surface area contributed by atoms with Crippen LogP contribution in [0.3, 0.4) is 0 Å². The second-order valence-electron chi connectivity index (χ2n) is 4.30. The molecule has 1 amide bonds. The number of halogens is 1. The van der Waals surface area contributed by atoms with Gasteiger partial charge in [0, 0.05) is 18.7 Å². The molecule has 11 heteroatoms. The summed E-state index contributed by atoms with van der Waals surface area (Å²) in [6, 6.07) is 3.86. The maximum atomic E-state index is 11.9. The van der Waals surface area contributed by atoms with Gasteiger partial charge in [0.15, 0.2) is 4.34 Å². The molecule has 126 valence electrons. The quantitative estimate of drug-likeness (QED) is 0.310. The smallest absolute Gasteiger partial charge is 0.271 e. The predicted molar refractivity (Wildman–Crippen MR) is 96.1 cm³/mol. The van der Waals surface area contributed by atoms with E-state index in [0.29, 0.717) is 21.7 Å². The molecule has 0 bridgehead atoms. The average molecular weight is 386 g/mol. The van der Waals surface area contributed by atoms with Gasteiger partial charge in [0.2, 0.25) is 11.0 Å². The van der Waals surface area contributed by atoms with E-state index in [0.717, 1.165) is 0 Å². The van der Waals surface area contributed by atoms with Crippen LogP contribution in [-0.2, 0) is 4.79 Å². The summed E-state index contributed by atoms with van der Waals surface area (Å²) in [4.78, 5) is 22.0. The van der Waals surface area contributed by atoms with Crippen molar-refractivity contribution in [2.75, 3.05) is 22.9 Å². The monoisotopic (exact) mass is 385 g/mol. The summed E-state index contributed by atoms with van der Waals surface area (Å²) in [7, 11) is 0. The fourth-order valence-corrected chi connectivity index (χ4v) is 3.31. The molecular formula is C13H12ClN5O3S2. The number of nitro benzene ring substituents is 1. The van der Waals surface area contributed by atoms with E-state index in [2.05, 4.69) is 27.4 Å². The maximum absolute atomic E-state index is 11.9. The van der Waals surface area contributed by atoms with Crippen molar-refractivity contribution in [2.45, 2.75) is 4.34 Å². The Kier molecular flexibility index (Phi) is 6.53. The van der Waals surface area contributed by atoms with Crippen molar-refractivity contribution in [2.24, 2.45) is 0 Å². The first kappa shape index (κ1) is 18.2. The number of non-ortho nitro benzene ring substituents is 1. The SMILES string of the molecule is C=CCNc1nnc(SCC(=O)Nc2ccc([N+](=O)[O-])cc2Cl)s1. The number of rotatable bonds is 8. The number of carbonyl (C=O) groups is 1. The van der Waals surface area contributed by atoms with Crippen LogP contribution in [0.5, 0.6) is 0 Å². The summed E-state index contributed by atoms with van der Waals surface area (Å²) in [6.07, 6.45) is 1.70. The Morgan fingerprint density at radius 1 is 1.50 bits per heavy atom. The van der Waals surface area contributed by atoms with E-state index in [4.69, 9.17) is 11.6 Å². The van der Waals surface area contributed by atoms with Crippen LogP contribution in [0.4, 0.5) is 16.5 Å². The Bertz CT molecular complexity index is 768. The first-order valence-corrected chi connectivity index (χ1v) is 8.72. The van der Waals surface area contributed by atoms with Gasteiger partial charge in [-0.1, -0.05) is 40.8 Å². The van der Waals surface area contributed by atoms with Gasteiger partial charge in [0.25, 0.3) is 5.69 Å². The minimum absolute atomic E-state index is 0.106. The van der Waals surface area contributed by atoms with Gasteiger partial charge in [0.05, 0.1) is 21.4 Å². The van der Waals surface area contributed by atoms with E-state index in [1.165, 1.54) is 41.3 Å². The molecule has 8 nitrogen and oxygen atoms in total. The van der Waals surface area contributed by atoms with Crippen LogP contribution >= 0.6 is 34.7 Å². The first-order valence-electron chi connectivity index (χ1n) is 6.54. The Morgan fingerprint density at radius 3 is 2.96 bits per heavy atom. The Balaban J connectivity index is 1.88. The van der Waals surface area contributed by atoms with E-state index in [9.17, 15) is 14.9 Å². The van der Waals surface area contributed by atoms with Gasteiger partial charge >= 0.3 is 0 Å². The third-order valence-corrected chi connectivity index (χ3v) is 4.90. The fourth-order valence-electron chi connectivity index (χ4n) is 1.53. The molecule has 0 aliphatic rings. The third-order valence-electron chi connectivity index (χ3n) is 2.57. The highest BCUT2D eigenvalue weighted by Crippen LogP contribution is 2.28. The minimum Gasteiger partial charge on any atom is -0.357 e. The Labute approximate surface area is 150 Å². The molecule has 0 saturated carbocycles. The summed E-state index contributed by atoms with van der Waals surface area (Å²) >= 11 is 8.49. The molecule has 2 rings (SSSR count). The number of anilines is 2. The van der Waals surface area contributed by atoms with Crippen LogP contribution in [0.2, 0.25) is 5.02 Å². The fraction of sp³-hybridized carbons (Fsp3) is 0.154. The minimum atomic E-state index is -0.555. The lowest BCUT2D eigenvalue weighted by molar-refractivity contribution is -0.384. The molecule has 24 heavy (non-hydrogen) atoms. The number of aromatic nitrogens is 2. The van der Waals surface area contributed by atoms with Gasteiger partial charge in [-0.25, -0.2) is 0 Å². The number of thioether (sulfide) groups is 1. The molecule has 2 aromatic rings. The van der Waals surface area contributed by atoms with Crippen LogP contribution in [0.15, 0.2) is 35.2 Å². The number of nitrogens with zero attached hydrogens (tertiary/aromatic N) is 3. The molecule has 1 aromatic heterocycles. The number of benzene rings is 1. The van der Waals surface area contributed by atoms with Gasteiger partial charge in [-0.15, -0.1) is 16.8 Å². The Morgan fingerprint density at radius 2 is 2.29 bits per heavy atom. The number of hydrogen-bond acceptors (Lipinski definition) is 8. The van der Waals surface area contributed by atoms with E-state index in [1.54, 1.807) is 6.08 Å². The third kappa shape index (κ3) is 5.18. The molecular weight excluding hydrogens is 374 g/mol. The molecule has 0 aliphatic heterocycles. The summed E-state index contributed by atoms with van der Waals surface area (Å²) in [5.41, 5.74) is 0.180. The highest BCUT2D eigenvalue weighted by Gasteiger charge is 2.13. The summed E-state index contributed by atoms with van der Waals surface area (Å²) < 4.78 is 0.645.